The van der Waals surface area contributed by atoms with E-state index in [2.05, 4.69) is 25.5 Å². The molecule has 0 bridgehead atoms. The first-order valence-corrected chi connectivity index (χ1v) is 10.7. The summed E-state index contributed by atoms with van der Waals surface area (Å²) in [6.07, 6.45) is 5.49. The van der Waals surface area contributed by atoms with Crippen molar-refractivity contribution in [3.8, 4) is 5.88 Å². The summed E-state index contributed by atoms with van der Waals surface area (Å²) in [4.78, 5) is 23.2. The van der Waals surface area contributed by atoms with Gasteiger partial charge in [-0.2, -0.15) is 5.10 Å². The van der Waals surface area contributed by atoms with Crippen molar-refractivity contribution in [1.29, 1.82) is 0 Å². The average molecular weight is 432 g/mol. The molecule has 1 aliphatic heterocycles. The van der Waals surface area contributed by atoms with Crippen molar-refractivity contribution < 1.29 is 18.3 Å². The lowest BCUT2D eigenvalue weighted by atomic mass is 9.91. The fraction of sp³-hybridized carbons (Fsp3) is 0.619. The van der Waals surface area contributed by atoms with Gasteiger partial charge in [0.15, 0.2) is 11.5 Å². The second-order valence-electron chi connectivity index (χ2n) is 9.22. The summed E-state index contributed by atoms with van der Waals surface area (Å²) < 4.78 is 32.5. The minimum Gasteiger partial charge on any atom is -0.475 e. The van der Waals surface area contributed by atoms with Crippen LogP contribution in [0.1, 0.15) is 54.5 Å². The van der Waals surface area contributed by atoms with Crippen LogP contribution in [0.4, 0.5) is 14.6 Å². The lowest BCUT2D eigenvalue weighted by Crippen LogP contribution is -2.56. The van der Waals surface area contributed by atoms with Crippen LogP contribution in [0.15, 0.2) is 12.3 Å². The molecule has 1 amide bonds. The molecule has 31 heavy (non-hydrogen) atoms. The van der Waals surface area contributed by atoms with Crippen molar-refractivity contribution in [3.05, 3.63) is 29.3 Å². The van der Waals surface area contributed by atoms with Crippen LogP contribution in [0.5, 0.6) is 5.88 Å². The average Bonchev–Trinajstić information content (AvgIpc) is 3.62. The van der Waals surface area contributed by atoms with E-state index in [0.717, 1.165) is 37.1 Å². The van der Waals surface area contributed by atoms with E-state index in [1.807, 2.05) is 19.9 Å². The number of rotatable bonds is 8. The molecule has 166 valence electrons. The molecule has 2 N–H and O–H groups in total. The highest BCUT2D eigenvalue weighted by Gasteiger charge is 2.47. The molecule has 1 saturated heterocycles. The SMILES string of the molecule is Cc1cc(C(C)(NC(=O)c2cnc(N3CC(F)(F)C3)c(OCC3CC3)n2)C2CC2)n[nH]1. The number of aromatic amines is 1. The highest BCUT2D eigenvalue weighted by molar-refractivity contribution is 5.93. The highest BCUT2D eigenvalue weighted by Crippen LogP contribution is 2.45. The van der Waals surface area contributed by atoms with Gasteiger partial charge in [-0.15, -0.1) is 0 Å². The molecule has 5 rings (SSSR count). The molecule has 3 aliphatic rings. The molecular weight excluding hydrogens is 406 g/mol. The smallest absolute Gasteiger partial charge is 0.282 e. The molecule has 1 atom stereocenters. The standard InChI is InChI=1S/C21H26F2N6O2/c1-12-7-16(28-27-12)20(2,14-5-6-14)26-18(30)15-8-24-17(29-10-21(22,23)11-29)19(25-15)31-9-13-3-4-13/h7-8,13-14H,3-6,9-11H2,1-2H3,(H,26,30)(H,27,28). The van der Waals surface area contributed by atoms with Gasteiger partial charge in [0.05, 0.1) is 37.1 Å². The maximum absolute atomic E-state index is 13.4. The Balaban J connectivity index is 1.38. The molecule has 2 aromatic rings. The number of hydrogen-bond acceptors (Lipinski definition) is 6. The Bertz CT molecular complexity index is 996. The van der Waals surface area contributed by atoms with Crippen molar-refractivity contribution in [3.63, 3.8) is 0 Å². The number of hydrogen-bond donors (Lipinski definition) is 2. The normalized spacial score (nSPS) is 21.9. The quantitative estimate of drug-likeness (QED) is 0.666. The van der Waals surface area contributed by atoms with Gasteiger partial charge < -0.3 is 15.0 Å². The van der Waals surface area contributed by atoms with E-state index in [1.54, 1.807) is 0 Å². The topological polar surface area (TPSA) is 96.0 Å². The zero-order valence-corrected chi connectivity index (χ0v) is 17.6. The van der Waals surface area contributed by atoms with Crippen LogP contribution in [0, 0.1) is 18.8 Å². The first-order valence-electron chi connectivity index (χ1n) is 10.7. The van der Waals surface area contributed by atoms with Gasteiger partial charge in [-0.1, -0.05) is 0 Å². The van der Waals surface area contributed by atoms with Crippen LogP contribution in [0.2, 0.25) is 0 Å². The van der Waals surface area contributed by atoms with Crippen LogP contribution < -0.4 is 15.0 Å². The van der Waals surface area contributed by atoms with Crippen LogP contribution in [0.3, 0.4) is 0 Å². The molecule has 2 aromatic heterocycles. The van der Waals surface area contributed by atoms with Crippen molar-refractivity contribution in [2.24, 2.45) is 11.8 Å². The number of anilines is 1. The Hall–Kier alpha value is -2.78. The van der Waals surface area contributed by atoms with Crippen molar-refractivity contribution in [2.75, 3.05) is 24.6 Å². The van der Waals surface area contributed by atoms with Crippen molar-refractivity contribution in [2.45, 2.75) is 51.0 Å². The number of nitrogens with one attached hydrogen (secondary N) is 2. The summed E-state index contributed by atoms with van der Waals surface area (Å²) in [5.41, 5.74) is 1.17. The molecule has 3 fully saturated rings. The van der Waals surface area contributed by atoms with Gasteiger partial charge in [0, 0.05) is 5.69 Å². The molecule has 0 radical (unpaired) electrons. The third-order valence-electron chi connectivity index (χ3n) is 6.26. The van der Waals surface area contributed by atoms with E-state index in [4.69, 9.17) is 4.74 Å². The van der Waals surface area contributed by atoms with E-state index < -0.39 is 24.6 Å². The minimum absolute atomic E-state index is 0.0981. The highest BCUT2D eigenvalue weighted by atomic mass is 19.3. The number of halogens is 2. The molecule has 8 nitrogen and oxygen atoms in total. The predicted molar refractivity (Wildman–Crippen MR) is 108 cm³/mol. The van der Waals surface area contributed by atoms with Gasteiger partial charge in [0.2, 0.25) is 0 Å². The van der Waals surface area contributed by atoms with Crippen LogP contribution >= 0.6 is 0 Å². The zero-order valence-electron chi connectivity index (χ0n) is 17.6. The first-order chi connectivity index (χ1) is 14.7. The number of nitrogens with zero attached hydrogens (tertiary/aromatic N) is 4. The van der Waals surface area contributed by atoms with Crippen molar-refractivity contribution >= 4 is 11.7 Å². The largest absolute Gasteiger partial charge is 0.475 e. The summed E-state index contributed by atoms with van der Waals surface area (Å²) in [6, 6.07) is 1.93. The Kier molecular flexibility index (Phi) is 4.63. The lowest BCUT2D eigenvalue weighted by Gasteiger charge is -2.39. The third kappa shape index (κ3) is 4.07. The summed E-state index contributed by atoms with van der Waals surface area (Å²) in [5, 5.41) is 10.4. The van der Waals surface area contributed by atoms with Crippen molar-refractivity contribution in [1.82, 2.24) is 25.5 Å². The lowest BCUT2D eigenvalue weighted by molar-refractivity contribution is -0.0270. The van der Waals surface area contributed by atoms with Gasteiger partial charge in [-0.25, -0.2) is 18.7 Å². The second kappa shape index (κ2) is 7.13. The van der Waals surface area contributed by atoms with Gasteiger partial charge >= 0.3 is 0 Å². The summed E-state index contributed by atoms with van der Waals surface area (Å²) in [5.74, 6) is -1.99. The number of carbonyl (C=O) groups excluding carboxylic acids is 1. The molecule has 2 aliphatic carbocycles. The number of aryl methyl sites for hydroxylation is 1. The maximum atomic E-state index is 13.4. The third-order valence-corrected chi connectivity index (χ3v) is 6.26. The molecule has 3 heterocycles. The van der Waals surface area contributed by atoms with E-state index in [9.17, 15) is 13.6 Å². The fourth-order valence-electron chi connectivity index (χ4n) is 3.95. The number of H-pyrrole nitrogens is 1. The second-order valence-corrected chi connectivity index (χ2v) is 9.22. The number of amides is 1. The molecule has 2 saturated carbocycles. The summed E-state index contributed by atoms with van der Waals surface area (Å²) in [6.45, 7) is 3.48. The van der Waals surface area contributed by atoms with E-state index >= 15 is 0 Å². The summed E-state index contributed by atoms with van der Waals surface area (Å²) in [7, 11) is 0. The Labute approximate surface area is 178 Å². The number of aromatic nitrogens is 4. The Morgan fingerprint density at radius 1 is 1.35 bits per heavy atom. The molecule has 0 spiro atoms. The van der Waals surface area contributed by atoms with Gasteiger partial charge in [-0.05, 0) is 57.4 Å². The maximum Gasteiger partial charge on any atom is 0.282 e. The van der Waals surface area contributed by atoms with E-state index in [1.165, 1.54) is 11.1 Å². The molecule has 10 heteroatoms. The Morgan fingerprint density at radius 2 is 2.10 bits per heavy atom. The van der Waals surface area contributed by atoms with Gasteiger partial charge in [-0.3, -0.25) is 9.89 Å². The van der Waals surface area contributed by atoms with Crippen LogP contribution in [0.25, 0.3) is 0 Å². The molecule has 0 aromatic carbocycles. The molecular formula is C21H26F2N6O2. The zero-order chi connectivity index (χ0) is 21.8. The van der Waals surface area contributed by atoms with E-state index in [0.29, 0.717) is 18.4 Å². The van der Waals surface area contributed by atoms with Crippen LogP contribution in [-0.4, -0.2) is 51.7 Å². The number of carbonyl (C=O) groups is 1. The van der Waals surface area contributed by atoms with Crippen LogP contribution in [-0.2, 0) is 5.54 Å². The fourth-order valence-corrected chi connectivity index (χ4v) is 3.95. The Morgan fingerprint density at radius 3 is 2.68 bits per heavy atom. The monoisotopic (exact) mass is 432 g/mol. The number of alkyl halides is 2. The summed E-state index contributed by atoms with van der Waals surface area (Å²) >= 11 is 0. The predicted octanol–water partition coefficient (Wildman–Crippen LogP) is 2.81. The van der Waals surface area contributed by atoms with Gasteiger partial charge in [0.25, 0.3) is 17.7 Å². The minimum atomic E-state index is -2.74. The molecule has 1 unspecified atom stereocenters. The number of ether oxygens (including phenoxy) is 1. The van der Waals surface area contributed by atoms with E-state index in [-0.39, 0.29) is 23.3 Å². The first kappa shape index (κ1) is 20.1. The van der Waals surface area contributed by atoms with Gasteiger partial charge in [0.1, 0.15) is 0 Å².